The zero-order valence-electron chi connectivity index (χ0n) is 9.61. The van der Waals surface area contributed by atoms with Crippen LogP contribution in [0.5, 0.6) is 0 Å². The first kappa shape index (κ1) is 15.8. The van der Waals surface area contributed by atoms with E-state index in [9.17, 15) is 13.6 Å². The molecule has 0 radical (unpaired) electrons. The van der Waals surface area contributed by atoms with E-state index in [-0.39, 0.29) is 6.42 Å². The number of carbonyl (C=O) groups excluding carboxylic acids is 1. The van der Waals surface area contributed by atoms with Crippen LogP contribution in [0.15, 0.2) is 0 Å². The number of hydrogen-bond acceptors (Lipinski definition) is 2. The van der Waals surface area contributed by atoms with Gasteiger partial charge in [-0.25, -0.2) is 8.78 Å². The number of alkyl halides is 3. The molecule has 0 fully saturated rings. The van der Waals surface area contributed by atoms with Gasteiger partial charge < -0.3 is 4.74 Å². The van der Waals surface area contributed by atoms with Gasteiger partial charge in [0, 0.05) is 11.8 Å². The predicted molar refractivity (Wildman–Crippen MR) is 63.1 cm³/mol. The van der Waals surface area contributed by atoms with Crippen LogP contribution in [0.1, 0.15) is 44.9 Å². The third-order valence-electron chi connectivity index (χ3n) is 2.31. The molecule has 5 heteroatoms. The summed E-state index contributed by atoms with van der Waals surface area (Å²) in [6, 6.07) is 0. The second kappa shape index (κ2) is 8.90. The lowest BCUT2D eigenvalue weighted by molar-refractivity contribution is -0.149. The van der Waals surface area contributed by atoms with E-state index < -0.39 is 18.3 Å². The van der Waals surface area contributed by atoms with Gasteiger partial charge in [0.2, 0.25) is 0 Å². The van der Waals surface area contributed by atoms with E-state index in [0.717, 1.165) is 38.1 Å². The number of carbonyl (C=O) groups is 1. The van der Waals surface area contributed by atoms with Crippen LogP contribution in [-0.4, -0.2) is 24.3 Å². The summed E-state index contributed by atoms with van der Waals surface area (Å²) in [4.78, 5) is 10.7. The fourth-order valence-electron chi connectivity index (χ4n) is 1.38. The summed E-state index contributed by atoms with van der Waals surface area (Å²) in [5, 5.41) is 0.964. The minimum atomic E-state index is -2.91. The zero-order chi connectivity index (χ0) is 12.4. The van der Waals surface area contributed by atoms with Gasteiger partial charge in [-0.05, 0) is 12.8 Å². The van der Waals surface area contributed by atoms with Crippen LogP contribution in [0.25, 0.3) is 0 Å². The quantitative estimate of drug-likeness (QED) is 0.366. The standard InChI is InChI=1S/C11H19BrF2O2/c1-16-10(15)9-11(13,14)7-5-3-2-4-6-8-12/h2-9H2,1H3. The van der Waals surface area contributed by atoms with Crippen molar-refractivity contribution in [1.82, 2.24) is 0 Å². The first-order valence-electron chi connectivity index (χ1n) is 5.52. The highest BCUT2D eigenvalue weighted by Crippen LogP contribution is 2.26. The van der Waals surface area contributed by atoms with E-state index >= 15 is 0 Å². The van der Waals surface area contributed by atoms with Crippen LogP contribution < -0.4 is 0 Å². The number of ether oxygens (including phenoxy) is 1. The average Bonchev–Trinajstić information content (AvgIpc) is 2.22. The minimum Gasteiger partial charge on any atom is -0.469 e. The van der Waals surface area contributed by atoms with Crippen molar-refractivity contribution in [2.45, 2.75) is 50.9 Å². The molecule has 0 atom stereocenters. The van der Waals surface area contributed by atoms with Crippen molar-refractivity contribution < 1.29 is 18.3 Å². The molecule has 0 aliphatic carbocycles. The van der Waals surface area contributed by atoms with Crippen LogP contribution in [0.3, 0.4) is 0 Å². The molecule has 0 rings (SSSR count). The van der Waals surface area contributed by atoms with Crippen molar-refractivity contribution in [2.24, 2.45) is 0 Å². The topological polar surface area (TPSA) is 26.3 Å². The van der Waals surface area contributed by atoms with Crippen molar-refractivity contribution in [3.8, 4) is 0 Å². The molecule has 2 nitrogen and oxygen atoms in total. The molecular formula is C11H19BrF2O2. The minimum absolute atomic E-state index is 0.226. The van der Waals surface area contributed by atoms with Crippen LogP contribution in [0.4, 0.5) is 8.78 Å². The molecule has 0 bridgehead atoms. The molecule has 0 spiro atoms. The number of rotatable bonds is 9. The summed E-state index contributed by atoms with van der Waals surface area (Å²) in [7, 11) is 1.12. The fraction of sp³-hybridized carbons (Fsp3) is 0.909. The third-order valence-corrected chi connectivity index (χ3v) is 2.87. The van der Waals surface area contributed by atoms with Crippen LogP contribution >= 0.6 is 15.9 Å². The van der Waals surface area contributed by atoms with Crippen LogP contribution in [0.2, 0.25) is 0 Å². The Labute approximate surface area is 104 Å². The number of unbranched alkanes of at least 4 members (excludes halogenated alkanes) is 4. The smallest absolute Gasteiger partial charge is 0.311 e. The largest absolute Gasteiger partial charge is 0.469 e. The van der Waals surface area contributed by atoms with Gasteiger partial charge in [-0.15, -0.1) is 0 Å². The van der Waals surface area contributed by atoms with Gasteiger partial charge in [0.25, 0.3) is 5.92 Å². The summed E-state index contributed by atoms with van der Waals surface area (Å²) in [6.45, 7) is 0. The third kappa shape index (κ3) is 9.07. The van der Waals surface area contributed by atoms with Gasteiger partial charge in [0.05, 0.1) is 7.11 Å². The number of halogens is 3. The molecule has 0 N–H and O–H groups in total. The summed E-state index contributed by atoms with van der Waals surface area (Å²) in [6.07, 6.45) is 3.35. The van der Waals surface area contributed by atoms with E-state index in [1.165, 1.54) is 0 Å². The monoisotopic (exact) mass is 300 g/mol. The highest BCUT2D eigenvalue weighted by atomic mass is 79.9. The van der Waals surface area contributed by atoms with Gasteiger partial charge in [0.1, 0.15) is 6.42 Å². The molecule has 0 unspecified atom stereocenters. The molecule has 0 aromatic carbocycles. The van der Waals surface area contributed by atoms with Crippen LogP contribution in [0, 0.1) is 0 Å². The maximum Gasteiger partial charge on any atom is 0.311 e. The molecular weight excluding hydrogens is 282 g/mol. The molecule has 0 heterocycles. The Balaban J connectivity index is 3.54. The lowest BCUT2D eigenvalue weighted by Gasteiger charge is -2.14. The zero-order valence-corrected chi connectivity index (χ0v) is 11.2. The molecule has 0 aliphatic heterocycles. The van der Waals surface area contributed by atoms with Crippen molar-refractivity contribution in [3.63, 3.8) is 0 Å². The molecule has 0 saturated heterocycles. The van der Waals surface area contributed by atoms with Crippen molar-refractivity contribution >= 4 is 21.9 Å². The lowest BCUT2D eigenvalue weighted by atomic mass is 10.1. The molecule has 0 saturated carbocycles. The van der Waals surface area contributed by atoms with Crippen molar-refractivity contribution in [3.05, 3.63) is 0 Å². The Morgan fingerprint density at radius 2 is 1.75 bits per heavy atom. The number of methoxy groups -OCH3 is 1. The highest BCUT2D eigenvalue weighted by molar-refractivity contribution is 9.09. The Morgan fingerprint density at radius 1 is 1.19 bits per heavy atom. The van der Waals surface area contributed by atoms with Gasteiger partial charge in [-0.2, -0.15) is 0 Å². The van der Waals surface area contributed by atoms with E-state index in [0.29, 0.717) is 6.42 Å². The van der Waals surface area contributed by atoms with Gasteiger partial charge in [-0.1, -0.05) is 35.2 Å². The van der Waals surface area contributed by atoms with E-state index in [1.807, 2.05) is 0 Å². The SMILES string of the molecule is COC(=O)CC(F)(F)CCCCCCCBr. The van der Waals surface area contributed by atoms with Crippen molar-refractivity contribution in [1.29, 1.82) is 0 Å². The molecule has 0 amide bonds. The van der Waals surface area contributed by atoms with Gasteiger partial charge in [-0.3, -0.25) is 4.79 Å². The highest BCUT2D eigenvalue weighted by Gasteiger charge is 2.31. The van der Waals surface area contributed by atoms with Crippen LogP contribution in [-0.2, 0) is 9.53 Å². The summed E-state index contributed by atoms with van der Waals surface area (Å²) < 4.78 is 30.5. The predicted octanol–water partition coefficient (Wildman–Crippen LogP) is 3.92. The maximum atomic E-state index is 13.1. The lowest BCUT2D eigenvalue weighted by Crippen LogP contribution is -2.21. The molecule has 0 aromatic heterocycles. The molecule has 16 heavy (non-hydrogen) atoms. The first-order chi connectivity index (χ1) is 7.52. The average molecular weight is 301 g/mol. The summed E-state index contributed by atoms with van der Waals surface area (Å²) in [5.74, 6) is -3.76. The summed E-state index contributed by atoms with van der Waals surface area (Å²) >= 11 is 3.31. The second-order valence-corrected chi connectivity index (χ2v) is 4.61. The number of esters is 1. The van der Waals surface area contributed by atoms with Gasteiger partial charge >= 0.3 is 5.97 Å². The Bertz CT molecular complexity index is 198. The Morgan fingerprint density at radius 3 is 2.31 bits per heavy atom. The van der Waals surface area contributed by atoms with Crippen molar-refractivity contribution in [2.75, 3.05) is 12.4 Å². The van der Waals surface area contributed by atoms with E-state index in [1.54, 1.807) is 0 Å². The first-order valence-corrected chi connectivity index (χ1v) is 6.64. The molecule has 96 valence electrons. The molecule has 0 aliphatic rings. The Kier molecular flexibility index (Phi) is 8.80. The van der Waals surface area contributed by atoms with Gasteiger partial charge in [0.15, 0.2) is 0 Å². The Hall–Kier alpha value is -0.190. The maximum absolute atomic E-state index is 13.1. The van der Waals surface area contributed by atoms with E-state index in [4.69, 9.17) is 0 Å². The second-order valence-electron chi connectivity index (χ2n) is 3.82. The normalized spacial score (nSPS) is 11.5. The number of hydrogen-bond donors (Lipinski definition) is 0. The van der Waals surface area contributed by atoms with E-state index in [2.05, 4.69) is 20.7 Å². The summed E-state index contributed by atoms with van der Waals surface area (Å²) in [5.41, 5.74) is 0. The fourth-order valence-corrected chi connectivity index (χ4v) is 1.78. The molecule has 0 aromatic rings.